The molecule has 58 heavy (non-hydrogen) atoms. The van der Waals surface area contributed by atoms with Gasteiger partial charge >= 0.3 is 0 Å². The summed E-state index contributed by atoms with van der Waals surface area (Å²) in [6.45, 7) is 3.07. The van der Waals surface area contributed by atoms with E-state index in [9.17, 15) is 24.0 Å². The molecule has 5 amide bonds. The summed E-state index contributed by atoms with van der Waals surface area (Å²) in [4.78, 5) is 74.5. The number of imide groups is 2. The number of ether oxygens (including phenoxy) is 3. The number of benzene rings is 3. The molecule has 8 rings (SSSR count). The smallest absolute Gasteiger partial charge is 0.262 e. The SMILES string of the molecule is Nc1ncnc2c1c(-c1ccc(Oc3ccccc3)cc1)nn2[C@@H]1CCCN(CCOCCOCC(=O)Nc2ccc3c(c2)C(=O)N(C2CCC(=O)NC2=O)C3=O)C1. The van der Waals surface area contributed by atoms with E-state index in [4.69, 9.17) is 25.0 Å². The number of rotatable bonds is 14. The Bertz CT molecular complexity index is 2370. The van der Waals surface area contributed by atoms with Crippen molar-refractivity contribution in [1.82, 2.24) is 34.9 Å². The zero-order valence-electron chi connectivity index (χ0n) is 31.5. The summed E-state index contributed by atoms with van der Waals surface area (Å²) in [6.07, 6.45) is 3.45. The van der Waals surface area contributed by atoms with Crippen molar-refractivity contribution < 1.29 is 38.2 Å². The van der Waals surface area contributed by atoms with Crippen LogP contribution in [0, 0.1) is 0 Å². The van der Waals surface area contributed by atoms with Gasteiger partial charge in [-0.3, -0.25) is 39.1 Å². The number of aromatic nitrogens is 4. The number of hydrogen-bond donors (Lipinski definition) is 3. The van der Waals surface area contributed by atoms with Gasteiger partial charge in [0, 0.05) is 30.8 Å². The molecular weight excluding hydrogens is 747 g/mol. The van der Waals surface area contributed by atoms with E-state index in [-0.39, 0.29) is 49.8 Å². The number of fused-ring (bicyclic) bond motifs is 2. The summed E-state index contributed by atoms with van der Waals surface area (Å²) in [5.41, 5.74) is 9.16. The van der Waals surface area contributed by atoms with Crippen molar-refractivity contribution in [2.45, 2.75) is 37.8 Å². The van der Waals surface area contributed by atoms with Gasteiger partial charge in [0.15, 0.2) is 5.65 Å². The summed E-state index contributed by atoms with van der Waals surface area (Å²) in [6, 6.07) is 20.6. The standard InChI is InChI=1S/C41H41N9O8/c42-37-35-36(25-8-11-29(12-9-25)58-28-6-2-1-3-7-28)47-50(38(35)44-24-43-37)27-5-4-16-48(22-27)17-18-56-19-20-57-23-34(52)45-26-10-13-30-31(21-26)41(55)49(40(30)54)32-14-15-33(51)46-39(32)53/h1-3,6-13,21,24,27,32H,4-5,14-20,22-23H2,(H,45,52)(H2,42,43,44)(H,46,51,53)/t27-,32?/m1/s1. The Labute approximate surface area is 332 Å². The summed E-state index contributed by atoms with van der Waals surface area (Å²) < 4.78 is 19.3. The molecule has 2 saturated heterocycles. The number of amides is 5. The quantitative estimate of drug-likeness (QED) is 0.109. The predicted molar refractivity (Wildman–Crippen MR) is 210 cm³/mol. The van der Waals surface area contributed by atoms with Gasteiger partial charge in [0.1, 0.15) is 42.0 Å². The second-order valence-corrected chi connectivity index (χ2v) is 14.2. The van der Waals surface area contributed by atoms with Crippen molar-refractivity contribution in [3.05, 3.63) is 90.3 Å². The van der Waals surface area contributed by atoms with Gasteiger partial charge in [-0.15, -0.1) is 0 Å². The molecular formula is C41H41N9O8. The maximum atomic E-state index is 13.1. The highest BCUT2D eigenvalue weighted by atomic mass is 16.5. The van der Waals surface area contributed by atoms with Crippen LogP contribution >= 0.6 is 0 Å². The third-order valence-electron chi connectivity index (χ3n) is 10.3. The van der Waals surface area contributed by atoms with Crippen LogP contribution in [0.1, 0.15) is 52.4 Å². The molecule has 3 aliphatic rings. The highest BCUT2D eigenvalue weighted by Crippen LogP contribution is 2.35. The fourth-order valence-corrected chi connectivity index (χ4v) is 7.52. The van der Waals surface area contributed by atoms with Crippen LogP contribution in [-0.4, -0.2) is 111 Å². The Balaban J connectivity index is 0.787. The van der Waals surface area contributed by atoms with Gasteiger partial charge in [-0.05, 0) is 80.4 Å². The normalized spacial score (nSPS) is 18.4. The van der Waals surface area contributed by atoms with E-state index >= 15 is 0 Å². The van der Waals surface area contributed by atoms with Crippen LogP contribution in [0.25, 0.3) is 22.3 Å². The molecule has 4 N–H and O–H groups in total. The van der Waals surface area contributed by atoms with Crippen molar-refractivity contribution in [1.29, 1.82) is 0 Å². The molecule has 0 spiro atoms. The van der Waals surface area contributed by atoms with Crippen LogP contribution in [0.15, 0.2) is 79.1 Å². The number of piperidine rings is 2. The van der Waals surface area contributed by atoms with Gasteiger partial charge in [0.25, 0.3) is 11.8 Å². The predicted octanol–water partition coefficient (Wildman–Crippen LogP) is 3.58. The number of nitrogens with zero attached hydrogens (tertiary/aromatic N) is 6. The average molecular weight is 788 g/mol. The zero-order chi connectivity index (χ0) is 40.2. The van der Waals surface area contributed by atoms with Crippen LogP contribution in [0.5, 0.6) is 11.5 Å². The molecule has 17 nitrogen and oxygen atoms in total. The number of hydrogen-bond acceptors (Lipinski definition) is 13. The molecule has 0 bridgehead atoms. The lowest BCUT2D eigenvalue weighted by molar-refractivity contribution is -0.136. The van der Waals surface area contributed by atoms with E-state index in [1.165, 1.54) is 24.5 Å². The molecule has 0 aliphatic carbocycles. The first-order chi connectivity index (χ1) is 28.2. The molecule has 5 heterocycles. The van der Waals surface area contributed by atoms with E-state index < -0.39 is 35.6 Å². The molecule has 5 aromatic rings. The zero-order valence-corrected chi connectivity index (χ0v) is 31.5. The van der Waals surface area contributed by atoms with Gasteiger partial charge in [0.2, 0.25) is 17.7 Å². The summed E-state index contributed by atoms with van der Waals surface area (Å²) in [7, 11) is 0. The number of nitrogens with one attached hydrogen (secondary N) is 2. The summed E-state index contributed by atoms with van der Waals surface area (Å²) in [5.74, 6) is -1.03. The van der Waals surface area contributed by atoms with Gasteiger partial charge in [0.05, 0.1) is 42.4 Å². The van der Waals surface area contributed by atoms with Crippen molar-refractivity contribution in [3.8, 4) is 22.8 Å². The van der Waals surface area contributed by atoms with Crippen molar-refractivity contribution >= 4 is 52.1 Å². The van der Waals surface area contributed by atoms with Gasteiger partial charge < -0.3 is 25.3 Å². The first-order valence-corrected chi connectivity index (χ1v) is 19.1. The molecule has 3 aromatic carbocycles. The fourth-order valence-electron chi connectivity index (χ4n) is 7.52. The Kier molecular flexibility index (Phi) is 11.2. The first kappa shape index (κ1) is 38.3. The maximum Gasteiger partial charge on any atom is 0.262 e. The molecule has 17 heteroatoms. The lowest BCUT2D eigenvalue weighted by Gasteiger charge is -2.32. The number of nitrogen functional groups attached to an aromatic ring is 1. The first-order valence-electron chi connectivity index (χ1n) is 19.1. The lowest BCUT2D eigenvalue weighted by Crippen LogP contribution is -2.54. The van der Waals surface area contributed by atoms with Crippen LogP contribution in [0.4, 0.5) is 11.5 Å². The minimum absolute atomic E-state index is 0.0260. The second kappa shape index (κ2) is 16.9. The summed E-state index contributed by atoms with van der Waals surface area (Å²) >= 11 is 0. The van der Waals surface area contributed by atoms with Gasteiger partial charge in [-0.25, -0.2) is 14.6 Å². The fraction of sp³-hybridized carbons (Fsp3) is 0.317. The van der Waals surface area contributed by atoms with E-state index in [0.29, 0.717) is 47.1 Å². The van der Waals surface area contributed by atoms with Crippen LogP contribution in [-0.2, 0) is 23.9 Å². The topological polar surface area (TPSA) is 213 Å². The van der Waals surface area contributed by atoms with Crippen molar-refractivity contribution in [3.63, 3.8) is 0 Å². The Hall–Kier alpha value is -6.56. The molecule has 1 unspecified atom stereocenters. The Morgan fingerprint density at radius 2 is 1.66 bits per heavy atom. The third kappa shape index (κ3) is 8.13. The molecule has 0 saturated carbocycles. The van der Waals surface area contributed by atoms with Gasteiger partial charge in [-0.2, -0.15) is 5.10 Å². The largest absolute Gasteiger partial charge is 0.457 e. The average Bonchev–Trinajstić information content (AvgIpc) is 3.73. The number of nitrogens with two attached hydrogens (primary N) is 1. The van der Waals surface area contributed by atoms with E-state index in [2.05, 4.69) is 25.5 Å². The Morgan fingerprint density at radius 1 is 0.879 bits per heavy atom. The maximum absolute atomic E-state index is 13.1. The highest BCUT2D eigenvalue weighted by Gasteiger charge is 2.44. The molecule has 0 radical (unpaired) electrons. The number of likely N-dealkylation sites (tertiary alicyclic amines) is 1. The summed E-state index contributed by atoms with van der Waals surface area (Å²) in [5, 5.41) is 10.6. The van der Waals surface area contributed by atoms with Crippen LogP contribution in [0.3, 0.4) is 0 Å². The van der Waals surface area contributed by atoms with Crippen molar-refractivity contribution in [2.24, 2.45) is 0 Å². The second-order valence-electron chi connectivity index (χ2n) is 14.2. The van der Waals surface area contributed by atoms with E-state index in [0.717, 1.165) is 42.1 Å². The van der Waals surface area contributed by atoms with E-state index in [1.54, 1.807) is 0 Å². The minimum atomic E-state index is -1.07. The molecule has 2 atom stereocenters. The number of anilines is 2. The minimum Gasteiger partial charge on any atom is -0.457 e. The number of carbonyl (C=O) groups is 5. The number of carbonyl (C=O) groups excluding carboxylic acids is 5. The number of para-hydroxylation sites is 1. The van der Waals surface area contributed by atoms with E-state index in [1.807, 2.05) is 59.3 Å². The third-order valence-corrected chi connectivity index (χ3v) is 10.3. The molecule has 3 aliphatic heterocycles. The molecule has 298 valence electrons. The lowest BCUT2D eigenvalue weighted by atomic mass is 10.0. The monoisotopic (exact) mass is 787 g/mol. The van der Waals surface area contributed by atoms with Crippen LogP contribution < -0.4 is 21.1 Å². The highest BCUT2D eigenvalue weighted by molar-refractivity contribution is 6.24. The molecule has 2 aromatic heterocycles. The van der Waals surface area contributed by atoms with Crippen molar-refractivity contribution in [2.75, 3.05) is 57.1 Å². The van der Waals surface area contributed by atoms with Crippen LogP contribution in [0.2, 0.25) is 0 Å². The Morgan fingerprint density at radius 3 is 2.47 bits per heavy atom. The van der Waals surface area contributed by atoms with Gasteiger partial charge in [-0.1, -0.05) is 18.2 Å². The molecule has 2 fully saturated rings.